The fourth-order valence-electron chi connectivity index (χ4n) is 8.34. The van der Waals surface area contributed by atoms with Gasteiger partial charge in [-0.15, -0.1) is 0 Å². The van der Waals surface area contributed by atoms with Gasteiger partial charge in [-0.1, -0.05) is 164 Å². The summed E-state index contributed by atoms with van der Waals surface area (Å²) in [6.07, 6.45) is 0. The van der Waals surface area contributed by atoms with Gasteiger partial charge in [0, 0.05) is 33.2 Å². The summed E-state index contributed by atoms with van der Waals surface area (Å²) in [5.74, 6) is 0.714. The Labute approximate surface area is 330 Å². The molecule has 11 aromatic rings. The summed E-state index contributed by atoms with van der Waals surface area (Å²) in [5.41, 5.74) is 13.3. The maximum atomic E-state index is 5.07. The highest BCUT2D eigenvalue weighted by atomic mass is 15.0. The number of para-hydroxylation sites is 1. The Balaban J connectivity index is 0.977. The highest BCUT2D eigenvalue weighted by molar-refractivity contribution is 6.21. The zero-order valence-electron chi connectivity index (χ0n) is 31.0. The van der Waals surface area contributed by atoms with E-state index in [0.29, 0.717) is 5.82 Å². The van der Waals surface area contributed by atoms with E-state index in [2.05, 4.69) is 180 Å². The van der Waals surface area contributed by atoms with E-state index in [9.17, 15) is 0 Å². The maximum absolute atomic E-state index is 5.07. The Bertz CT molecular complexity index is 3200. The molecule has 0 saturated carbocycles. The van der Waals surface area contributed by atoms with Crippen LogP contribution in [0.5, 0.6) is 0 Å². The minimum atomic E-state index is 0.714. The Hall–Kier alpha value is -7.62. The molecule has 266 valence electrons. The maximum Gasteiger partial charge on any atom is 0.160 e. The zero-order valence-corrected chi connectivity index (χ0v) is 31.0. The summed E-state index contributed by atoms with van der Waals surface area (Å²) in [7, 11) is 0. The Kier molecular flexibility index (Phi) is 7.82. The number of hydrogen-bond donors (Lipinski definition) is 0. The van der Waals surface area contributed by atoms with Crippen molar-refractivity contribution in [2.24, 2.45) is 0 Å². The predicted octanol–water partition coefficient (Wildman–Crippen LogP) is 14.2. The Morgan fingerprint density at radius 1 is 0.298 bits per heavy atom. The lowest BCUT2D eigenvalue weighted by molar-refractivity contribution is 1.17. The number of rotatable bonds is 6. The second-order valence-electron chi connectivity index (χ2n) is 14.6. The molecule has 0 aliphatic rings. The van der Waals surface area contributed by atoms with E-state index in [0.717, 1.165) is 33.8 Å². The van der Waals surface area contributed by atoms with Gasteiger partial charge in [0.15, 0.2) is 5.82 Å². The first-order valence-corrected chi connectivity index (χ1v) is 19.4. The SMILES string of the molecule is c1ccc(-c2ccc3cc(-c4ccc5c(ccc6c5c5ccccc5n6-c5ccc(-c6cc(-c7ccccc7)nc(-c7ccccc7)n6)cc5)c4)ccc3c2)cc1. The van der Waals surface area contributed by atoms with E-state index < -0.39 is 0 Å². The molecular weight excluding hydrogens is 691 g/mol. The van der Waals surface area contributed by atoms with Crippen LogP contribution in [-0.2, 0) is 0 Å². The minimum Gasteiger partial charge on any atom is -0.309 e. The van der Waals surface area contributed by atoms with Crippen molar-refractivity contribution in [2.45, 2.75) is 0 Å². The van der Waals surface area contributed by atoms with Crippen molar-refractivity contribution in [3.05, 3.63) is 212 Å². The van der Waals surface area contributed by atoms with E-state index in [1.807, 2.05) is 36.4 Å². The van der Waals surface area contributed by atoms with Crippen LogP contribution in [-0.4, -0.2) is 14.5 Å². The molecule has 0 saturated heterocycles. The molecule has 2 heterocycles. The first-order valence-electron chi connectivity index (χ1n) is 19.4. The van der Waals surface area contributed by atoms with Gasteiger partial charge in [-0.25, -0.2) is 9.97 Å². The smallest absolute Gasteiger partial charge is 0.160 e. The third-order valence-corrected chi connectivity index (χ3v) is 11.2. The van der Waals surface area contributed by atoms with Crippen molar-refractivity contribution in [3.63, 3.8) is 0 Å². The topological polar surface area (TPSA) is 30.7 Å². The molecule has 0 spiro atoms. The van der Waals surface area contributed by atoms with Gasteiger partial charge >= 0.3 is 0 Å². The minimum absolute atomic E-state index is 0.714. The van der Waals surface area contributed by atoms with Gasteiger partial charge in [0.05, 0.1) is 22.4 Å². The van der Waals surface area contributed by atoms with Crippen LogP contribution in [0.15, 0.2) is 212 Å². The van der Waals surface area contributed by atoms with Crippen LogP contribution in [0.2, 0.25) is 0 Å². The standard InChI is InChI=1S/C54H35N3/c1-4-12-36(13-5-1)40-20-21-42-33-43(23-22-41(42)32-40)44-26-30-47-45(34-44)27-31-52-53(47)48-18-10-11-19-51(48)57(52)46-28-24-38(25-29-46)50-35-49(37-14-6-2-7-15-37)55-54(56-50)39-16-8-3-9-17-39/h1-35H. The van der Waals surface area contributed by atoms with Crippen LogP contribution in [0.1, 0.15) is 0 Å². The van der Waals surface area contributed by atoms with Crippen molar-refractivity contribution in [1.82, 2.24) is 14.5 Å². The Morgan fingerprint density at radius 3 is 1.46 bits per heavy atom. The number of benzene rings is 9. The van der Waals surface area contributed by atoms with Crippen LogP contribution in [0, 0.1) is 0 Å². The molecule has 0 aliphatic carbocycles. The number of fused-ring (bicyclic) bond motifs is 6. The lowest BCUT2D eigenvalue weighted by Crippen LogP contribution is -1.97. The molecule has 2 aromatic heterocycles. The molecule has 11 rings (SSSR count). The van der Waals surface area contributed by atoms with Gasteiger partial charge < -0.3 is 4.57 Å². The average Bonchev–Trinajstić information content (AvgIpc) is 3.64. The molecule has 9 aromatic carbocycles. The molecule has 0 N–H and O–H groups in total. The second-order valence-corrected chi connectivity index (χ2v) is 14.6. The van der Waals surface area contributed by atoms with Gasteiger partial charge in [0.2, 0.25) is 0 Å². The molecule has 57 heavy (non-hydrogen) atoms. The highest BCUT2D eigenvalue weighted by Crippen LogP contribution is 2.39. The zero-order chi connectivity index (χ0) is 37.7. The van der Waals surface area contributed by atoms with Crippen molar-refractivity contribution >= 4 is 43.4 Å². The van der Waals surface area contributed by atoms with E-state index in [4.69, 9.17) is 9.97 Å². The fraction of sp³-hybridized carbons (Fsp3) is 0. The summed E-state index contributed by atoms with van der Waals surface area (Å²) in [4.78, 5) is 10.0. The summed E-state index contributed by atoms with van der Waals surface area (Å²) in [6, 6.07) is 75.8. The molecule has 0 aliphatic heterocycles. The van der Waals surface area contributed by atoms with Crippen molar-refractivity contribution in [2.75, 3.05) is 0 Å². The molecule has 3 nitrogen and oxygen atoms in total. The monoisotopic (exact) mass is 725 g/mol. The van der Waals surface area contributed by atoms with Crippen LogP contribution >= 0.6 is 0 Å². The van der Waals surface area contributed by atoms with E-state index in [1.165, 1.54) is 65.6 Å². The number of nitrogens with zero attached hydrogens (tertiary/aromatic N) is 3. The largest absolute Gasteiger partial charge is 0.309 e. The van der Waals surface area contributed by atoms with Crippen molar-refractivity contribution in [3.8, 4) is 61.8 Å². The first kappa shape index (κ1) is 32.8. The van der Waals surface area contributed by atoms with Crippen LogP contribution in [0.3, 0.4) is 0 Å². The summed E-state index contributed by atoms with van der Waals surface area (Å²) >= 11 is 0. The molecule has 0 amide bonds. The molecule has 0 radical (unpaired) electrons. The van der Waals surface area contributed by atoms with Crippen molar-refractivity contribution in [1.29, 1.82) is 0 Å². The Morgan fingerprint density at radius 2 is 0.789 bits per heavy atom. The number of hydrogen-bond acceptors (Lipinski definition) is 2. The fourth-order valence-corrected chi connectivity index (χ4v) is 8.34. The second kappa shape index (κ2) is 13.6. The summed E-state index contributed by atoms with van der Waals surface area (Å²) < 4.78 is 2.39. The van der Waals surface area contributed by atoms with E-state index >= 15 is 0 Å². The molecule has 0 fully saturated rings. The van der Waals surface area contributed by atoms with E-state index in [1.54, 1.807) is 0 Å². The van der Waals surface area contributed by atoms with Gasteiger partial charge in [-0.05, 0) is 92.3 Å². The van der Waals surface area contributed by atoms with Crippen LogP contribution < -0.4 is 0 Å². The van der Waals surface area contributed by atoms with Crippen LogP contribution in [0.4, 0.5) is 0 Å². The highest BCUT2D eigenvalue weighted by Gasteiger charge is 2.16. The lowest BCUT2D eigenvalue weighted by atomic mass is 9.95. The third-order valence-electron chi connectivity index (χ3n) is 11.2. The van der Waals surface area contributed by atoms with Gasteiger partial charge in [0.1, 0.15) is 0 Å². The van der Waals surface area contributed by atoms with Gasteiger partial charge in [-0.3, -0.25) is 0 Å². The normalized spacial score (nSPS) is 11.5. The van der Waals surface area contributed by atoms with Crippen LogP contribution in [0.25, 0.3) is 105 Å². The predicted molar refractivity (Wildman–Crippen MR) is 239 cm³/mol. The molecular formula is C54H35N3. The third kappa shape index (κ3) is 5.85. The van der Waals surface area contributed by atoms with Crippen molar-refractivity contribution < 1.29 is 0 Å². The average molecular weight is 726 g/mol. The quantitative estimate of drug-likeness (QED) is 0.171. The van der Waals surface area contributed by atoms with Gasteiger partial charge in [0.25, 0.3) is 0 Å². The molecule has 0 bridgehead atoms. The molecule has 0 unspecified atom stereocenters. The molecule has 0 atom stereocenters. The summed E-state index contributed by atoms with van der Waals surface area (Å²) in [5, 5.41) is 7.47. The first-order chi connectivity index (χ1) is 28.2. The van der Waals surface area contributed by atoms with Gasteiger partial charge in [-0.2, -0.15) is 0 Å². The molecule has 3 heteroatoms. The summed E-state index contributed by atoms with van der Waals surface area (Å²) in [6.45, 7) is 0. The van der Waals surface area contributed by atoms with E-state index in [-0.39, 0.29) is 0 Å². The lowest BCUT2D eigenvalue weighted by Gasteiger charge is -2.12. The number of aromatic nitrogens is 3.